The average Bonchev–Trinajstić information content (AvgIpc) is 2.97. The molecule has 7 heteroatoms. The highest BCUT2D eigenvalue weighted by Crippen LogP contribution is 2.23. The quantitative estimate of drug-likeness (QED) is 0.627. The van der Waals surface area contributed by atoms with Crippen molar-refractivity contribution in [3.05, 3.63) is 58.4 Å². The lowest BCUT2D eigenvalue weighted by molar-refractivity contribution is -0.385. The Morgan fingerprint density at radius 3 is 2.61 bits per heavy atom. The fourth-order valence-electron chi connectivity index (χ4n) is 2.40. The second kappa shape index (κ2) is 7.53. The van der Waals surface area contributed by atoms with E-state index in [2.05, 4.69) is 24.3 Å². The van der Waals surface area contributed by atoms with E-state index in [1.807, 2.05) is 30.3 Å². The zero-order valence-electron chi connectivity index (χ0n) is 13.2. The molecule has 0 bridgehead atoms. The van der Waals surface area contributed by atoms with Crippen LogP contribution in [0.4, 0.5) is 5.69 Å². The summed E-state index contributed by atoms with van der Waals surface area (Å²) in [5.41, 5.74) is 1.06. The number of carbonyl (C=O) groups is 1. The molecular weight excluding hydrogens is 296 g/mol. The number of rotatable bonds is 7. The molecule has 0 aliphatic heterocycles. The molecule has 0 saturated heterocycles. The van der Waals surface area contributed by atoms with Crippen LogP contribution in [0, 0.1) is 16.0 Å². The maximum absolute atomic E-state index is 12.0. The van der Waals surface area contributed by atoms with Crippen molar-refractivity contribution in [3.8, 4) is 0 Å². The molecule has 2 aromatic rings. The first kappa shape index (κ1) is 16.7. The highest BCUT2D eigenvalue weighted by Gasteiger charge is 2.17. The summed E-state index contributed by atoms with van der Waals surface area (Å²) in [6.45, 7) is 4.71. The van der Waals surface area contributed by atoms with E-state index in [1.165, 1.54) is 16.4 Å². The molecule has 0 spiro atoms. The van der Waals surface area contributed by atoms with Crippen LogP contribution in [0.3, 0.4) is 0 Å². The minimum atomic E-state index is -0.536. The molecule has 0 fully saturated rings. The molecule has 1 amide bonds. The van der Waals surface area contributed by atoms with Crippen LogP contribution in [0.5, 0.6) is 0 Å². The SMILES string of the molecule is CC(C)[C@H](CNC(=O)Cn1cc([N+](=O)[O-])cn1)c1ccccc1. The number of hydrogen-bond acceptors (Lipinski definition) is 4. The van der Waals surface area contributed by atoms with Gasteiger partial charge in [0.25, 0.3) is 0 Å². The summed E-state index contributed by atoms with van der Waals surface area (Å²) in [7, 11) is 0. The second-order valence-corrected chi connectivity index (χ2v) is 5.72. The molecule has 0 aliphatic rings. The van der Waals surface area contributed by atoms with Crippen LogP contribution in [0.1, 0.15) is 25.3 Å². The number of benzene rings is 1. The molecular formula is C16H20N4O3. The lowest BCUT2D eigenvalue weighted by atomic mass is 9.88. The predicted molar refractivity (Wildman–Crippen MR) is 85.9 cm³/mol. The third kappa shape index (κ3) is 4.64. The largest absolute Gasteiger partial charge is 0.354 e. The standard InChI is InChI=1S/C16H20N4O3/c1-12(2)15(13-6-4-3-5-7-13)9-17-16(21)11-19-10-14(8-18-19)20(22)23/h3-8,10,12,15H,9,11H2,1-2H3,(H,17,21)/t15-/m0/s1. The zero-order chi connectivity index (χ0) is 16.8. The maximum atomic E-state index is 12.0. The summed E-state index contributed by atoms with van der Waals surface area (Å²) >= 11 is 0. The van der Waals surface area contributed by atoms with Crippen molar-refractivity contribution in [1.82, 2.24) is 15.1 Å². The molecule has 122 valence electrons. The number of nitrogens with one attached hydrogen (secondary N) is 1. The number of nitro groups is 1. The number of nitrogens with zero attached hydrogens (tertiary/aromatic N) is 3. The van der Waals surface area contributed by atoms with Crippen LogP contribution >= 0.6 is 0 Å². The summed E-state index contributed by atoms with van der Waals surface area (Å²) in [5.74, 6) is 0.375. The Bertz CT molecular complexity index is 667. The molecule has 1 aromatic heterocycles. The molecule has 1 heterocycles. The van der Waals surface area contributed by atoms with Gasteiger partial charge >= 0.3 is 5.69 Å². The number of hydrogen-bond donors (Lipinski definition) is 1. The summed E-state index contributed by atoms with van der Waals surface area (Å²) in [6, 6.07) is 10.0. The van der Waals surface area contributed by atoms with Crippen LogP contribution in [-0.2, 0) is 11.3 Å². The first-order chi connectivity index (χ1) is 11.0. The van der Waals surface area contributed by atoms with Crippen molar-refractivity contribution in [2.24, 2.45) is 5.92 Å². The van der Waals surface area contributed by atoms with Gasteiger partial charge in [0.05, 0.1) is 4.92 Å². The number of amides is 1. The first-order valence-corrected chi connectivity index (χ1v) is 7.46. The molecule has 1 aromatic carbocycles. The van der Waals surface area contributed by atoms with Gasteiger partial charge in [-0.3, -0.25) is 19.6 Å². The van der Waals surface area contributed by atoms with Gasteiger partial charge in [-0.05, 0) is 11.5 Å². The molecule has 7 nitrogen and oxygen atoms in total. The van der Waals surface area contributed by atoms with E-state index < -0.39 is 4.92 Å². The van der Waals surface area contributed by atoms with Gasteiger partial charge in [0.15, 0.2) is 0 Å². The average molecular weight is 316 g/mol. The van der Waals surface area contributed by atoms with Crippen molar-refractivity contribution in [2.75, 3.05) is 6.54 Å². The monoisotopic (exact) mass is 316 g/mol. The van der Waals surface area contributed by atoms with Crippen LogP contribution in [-0.4, -0.2) is 27.2 Å². The molecule has 0 unspecified atom stereocenters. The Morgan fingerprint density at radius 2 is 2.04 bits per heavy atom. The van der Waals surface area contributed by atoms with Crippen molar-refractivity contribution < 1.29 is 9.72 Å². The van der Waals surface area contributed by atoms with E-state index >= 15 is 0 Å². The molecule has 2 rings (SSSR count). The van der Waals surface area contributed by atoms with E-state index in [-0.39, 0.29) is 24.1 Å². The first-order valence-electron chi connectivity index (χ1n) is 7.46. The third-order valence-electron chi connectivity index (χ3n) is 3.69. The van der Waals surface area contributed by atoms with Gasteiger partial charge < -0.3 is 5.32 Å². The molecule has 0 aliphatic carbocycles. The summed E-state index contributed by atoms with van der Waals surface area (Å²) in [4.78, 5) is 22.1. The van der Waals surface area contributed by atoms with Crippen molar-refractivity contribution in [2.45, 2.75) is 26.3 Å². The van der Waals surface area contributed by atoms with Gasteiger partial charge in [-0.1, -0.05) is 44.2 Å². The van der Waals surface area contributed by atoms with Gasteiger partial charge in [0, 0.05) is 12.5 Å². The molecule has 23 heavy (non-hydrogen) atoms. The Hall–Kier alpha value is -2.70. The normalized spacial score (nSPS) is 12.1. The second-order valence-electron chi connectivity index (χ2n) is 5.72. The third-order valence-corrected chi connectivity index (χ3v) is 3.69. The molecule has 0 radical (unpaired) electrons. The predicted octanol–water partition coefficient (Wildman–Crippen LogP) is 2.35. The Balaban J connectivity index is 1.92. The highest BCUT2D eigenvalue weighted by atomic mass is 16.6. The van der Waals surface area contributed by atoms with Gasteiger partial charge in [0.1, 0.15) is 18.9 Å². The van der Waals surface area contributed by atoms with Gasteiger partial charge in [-0.25, -0.2) is 0 Å². The Kier molecular flexibility index (Phi) is 5.46. The minimum Gasteiger partial charge on any atom is -0.354 e. The van der Waals surface area contributed by atoms with E-state index in [0.717, 1.165) is 6.20 Å². The lowest BCUT2D eigenvalue weighted by Crippen LogP contribution is -2.33. The van der Waals surface area contributed by atoms with Gasteiger partial charge in [0.2, 0.25) is 5.91 Å². The van der Waals surface area contributed by atoms with E-state index in [0.29, 0.717) is 12.5 Å². The lowest BCUT2D eigenvalue weighted by Gasteiger charge is -2.21. The van der Waals surface area contributed by atoms with Crippen LogP contribution < -0.4 is 5.32 Å². The minimum absolute atomic E-state index is 0.0343. The number of carbonyl (C=O) groups excluding carboxylic acids is 1. The molecule has 1 atom stereocenters. The Morgan fingerprint density at radius 1 is 1.35 bits per heavy atom. The topological polar surface area (TPSA) is 90.1 Å². The van der Waals surface area contributed by atoms with Crippen molar-refractivity contribution >= 4 is 11.6 Å². The number of aromatic nitrogens is 2. The smallest absolute Gasteiger partial charge is 0.307 e. The van der Waals surface area contributed by atoms with Crippen LogP contribution in [0.25, 0.3) is 0 Å². The van der Waals surface area contributed by atoms with Gasteiger partial charge in [-0.15, -0.1) is 0 Å². The van der Waals surface area contributed by atoms with Crippen molar-refractivity contribution in [3.63, 3.8) is 0 Å². The van der Waals surface area contributed by atoms with Crippen LogP contribution in [0.2, 0.25) is 0 Å². The fraction of sp³-hybridized carbons (Fsp3) is 0.375. The molecule has 0 saturated carbocycles. The maximum Gasteiger partial charge on any atom is 0.307 e. The zero-order valence-corrected chi connectivity index (χ0v) is 13.2. The fourth-order valence-corrected chi connectivity index (χ4v) is 2.40. The summed E-state index contributed by atoms with van der Waals surface area (Å²) in [6.07, 6.45) is 2.38. The molecule has 1 N–H and O–H groups in total. The van der Waals surface area contributed by atoms with Crippen molar-refractivity contribution in [1.29, 1.82) is 0 Å². The van der Waals surface area contributed by atoms with E-state index in [9.17, 15) is 14.9 Å². The van der Waals surface area contributed by atoms with Crippen LogP contribution in [0.15, 0.2) is 42.7 Å². The van der Waals surface area contributed by atoms with E-state index in [4.69, 9.17) is 0 Å². The summed E-state index contributed by atoms with van der Waals surface area (Å²) < 4.78 is 1.26. The Labute approximate surface area is 134 Å². The summed E-state index contributed by atoms with van der Waals surface area (Å²) in [5, 5.41) is 17.3. The highest BCUT2D eigenvalue weighted by molar-refractivity contribution is 5.75. The van der Waals surface area contributed by atoms with E-state index in [1.54, 1.807) is 0 Å². The van der Waals surface area contributed by atoms with Gasteiger partial charge in [-0.2, -0.15) is 5.10 Å².